The summed E-state index contributed by atoms with van der Waals surface area (Å²) in [6.45, 7) is 0. The average Bonchev–Trinajstić information content (AvgIpc) is 2.16. The SMILES string of the molecule is O=C(Cl)C(Cl)(c1ccccc1)C(F)(F)F. The summed E-state index contributed by atoms with van der Waals surface area (Å²) < 4.78 is 37.8. The van der Waals surface area contributed by atoms with Gasteiger partial charge in [0.05, 0.1) is 0 Å². The third-order valence-electron chi connectivity index (χ3n) is 1.83. The van der Waals surface area contributed by atoms with Crippen molar-refractivity contribution in [3.63, 3.8) is 0 Å². The molecule has 0 aliphatic heterocycles. The molecule has 0 spiro atoms. The standard InChI is InChI=1S/C9H5Cl2F3O/c10-7(15)8(11,9(12,13)14)6-4-2-1-3-5-6/h1-5H. The molecule has 0 radical (unpaired) electrons. The summed E-state index contributed by atoms with van der Waals surface area (Å²) in [5.41, 5.74) is -0.390. The van der Waals surface area contributed by atoms with Gasteiger partial charge >= 0.3 is 6.18 Å². The highest BCUT2D eigenvalue weighted by molar-refractivity contribution is 6.70. The summed E-state index contributed by atoms with van der Waals surface area (Å²) in [5.74, 6) is 0. The molecule has 0 amide bonds. The molecular weight excluding hydrogens is 252 g/mol. The Bertz CT molecular complexity index is 363. The topological polar surface area (TPSA) is 17.1 Å². The van der Waals surface area contributed by atoms with Gasteiger partial charge < -0.3 is 0 Å². The molecule has 1 aromatic rings. The molecule has 82 valence electrons. The van der Waals surface area contributed by atoms with Crippen LogP contribution >= 0.6 is 23.2 Å². The molecule has 0 bridgehead atoms. The first-order chi connectivity index (χ1) is 6.80. The lowest BCUT2D eigenvalue weighted by atomic mass is 9.99. The number of alkyl halides is 4. The Kier molecular flexibility index (Phi) is 3.31. The first-order valence-corrected chi connectivity index (χ1v) is 4.57. The minimum absolute atomic E-state index is 0.390. The fourth-order valence-electron chi connectivity index (χ4n) is 1.06. The summed E-state index contributed by atoms with van der Waals surface area (Å²) in [5, 5.41) is -1.66. The van der Waals surface area contributed by atoms with Crippen molar-refractivity contribution < 1.29 is 18.0 Å². The smallest absolute Gasteiger partial charge is 0.278 e. The second-order valence-electron chi connectivity index (χ2n) is 2.80. The number of carbonyl (C=O) groups is 1. The fourth-order valence-corrected chi connectivity index (χ4v) is 1.40. The van der Waals surface area contributed by atoms with Crippen LogP contribution in [-0.4, -0.2) is 11.4 Å². The van der Waals surface area contributed by atoms with Crippen LogP contribution < -0.4 is 0 Å². The number of halogens is 5. The third-order valence-corrected chi connectivity index (χ3v) is 2.82. The minimum atomic E-state index is -4.94. The van der Waals surface area contributed by atoms with Crippen LogP contribution in [0.5, 0.6) is 0 Å². The Hall–Kier alpha value is -0.740. The molecule has 0 aromatic heterocycles. The quantitative estimate of drug-likeness (QED) is 0.585. The number of hydrogen-bond acceptors (Lipinski definition) is 1. The molecule has 1 rings (SSSR count). The van der Waals surface area contributed by atoms with E-state index in [1.54, 1.807) is 0 Å². The van der Waals surface area contributed by atoms with Crippen LogP contribution in [0.2, 0.25) is 0 Å². The summed E-state index contributed by atoms with van der Waals surface area (Å²) in [7, 11) is 0. The van der Waals surface area contributed by atoms with Gasteiger partial charge in [0, 0.05) is 0 Å². The lowest BCUT2D eigenvalue weighted by Gasteiger charge is -2.25. The maximum atomic E-state index is 12.6. The molecule has 0 N–H and O–H groups in total. The van der Waals surface area contributed by atoms with Gasteiger partial charge in [-0.1, -0.05) is 41.9 Å². The second kappa shape index (κ2) is 4.02. The van der Waals surface area contributed by atoms with Gasteiger partial charge in [-0.15, -0.1) is 0 Å². The molecule has 1 nitrogen and oxygen atoms in total. The molecule has 0 aliphatic carbocycles. The van der Waals surface area contributed by atoms with Gasteiger partial charge in [-0.3, -0.25) is 4.79 Å². The minimum Gasteiger partial charge on any atom is -0.278 e. The van der Waals surface area contributed by atoms with Crippen LogP contribution in [0.1, 0.15) is 5.56 Å². The summed E-state index contributed by atoms with van der Waals surface area (Å²) >= 11 is 10.2. The van der Waals surface area contributed by atoms with Crippen molar-refractivity contribution in [1.82, 2.24) is 0 Å². The number of rotatable bonds is 2. The molecule has 0 fully saturated rings. The van der Waals surface area contributed by atoms with Crippen LogP contribution in [0.3, 0.4) is 0 Å². The first-order valence-electron chi connectivity index (χ1n) is 3.81. The zero-order valence-corrected chi connectivity index (χ0v) is 8.70. The maximum Gasteiger partial charge on any atom is 0.420 e. The monoisotopic (exact) mass is 256 g/mol. The van der Waals surface area contributed by atoms with Gasteiger partial charge in [0.25, 0.3) is 5.24 Å². The highest BCUT2D eigenvalue weighted by Gasteiger charge is 2.60. The molecule has 0 heterocycles. The molecule has 15 heavy (non-hydrogen) atoms. The van der Waals surface area contributed by atoms with Crippen molar-refractivity contribution in [3.8, 4) is 0 Å². The lowest BCUT2D eigenvalue weighted by Crippen LogP contribution is -2.42. The van der Waals surface area contributed by atoms with Gasteiger partial charge in [-0.25, -0.2) is 0 Å². The lowest BCUT2D eigenvalue weighted by molar-refractivity contribution is -0.169. The predicted molar refractivity (Wildman–Crippen MR) is 50.9 cm³/mol. The molecule has 0 saturated heterocycles. The van der Waals surface area contributed by atoms with E-state index in [0.29, 0.717) is 0 Å². The predicted octanol–water partition coefficient (Wildman–Crippen LogP) is 3.45. The average molecular weight is 257 g/mol. The Morgan fingerprint density at radius 1 is 1.13 bits per heavy atom. The van der Waals surface area contributed by atoms with Gasteiger partial charge in [0.15, 0.2) is 0 Å². The Morgan fingerprint density at radius 2 is 1.60 bits per heavy atom. The summed E-state index contributed by atoms with van der Waals surface area (Å²) in [4.78, 5) is 7.66. The van der Waals surface area contributed by atoms with Gasteiger partial charge in [0.1, 0.15) is 0 Å². The van der Waals surface area contributed by atoms with Gasteiger partial charge in [-0.2, -0.15) is 13.2 Å². The summed E-state index contributed by atoms with van der Waals surface area (Å²) in [6.07, 6.45) is -4.94. The van der Waals surface area contributed by atoms with E-state index in [9.17, 15) is 18.0 Å². The number of carbonyl (C=O) groups excluding carboxylic acids is 1. The van der Waals surface area contributed by atoms with Crippen LogP contribution in [0.25, 0.3) is 0 Å². The summed E-state index contributed by atoms with van der Waals surface area (Å²) in [6, 6.07) is 6.40. The second-order valence-corrected chi connectivity index (χ2v) is 3.71. The van der Waals surface area contributed by atoms with E-state index in [1.807, 2.05) is 0 Å². The Labute approximate surface area is 93.8 Å². The van der Waals surface area contributed by atoms with Gasteiger partial charge in [0.2, 0.25) is 4.87 Å². The molecular formula is C9H5Cl2F3O. The Morgan fingerprint density at radius 3 is 1.93 bits per heavy atom. The van der Waals surface area contributed by atoms with E-state index in [1.165, 1.54) is 18.2 Å². The highest BCUT2D eigenvalue weighted by atomic mass is 35.5. The highest BCUT2D eigenvalue weighted by Crippen LogP contribution is 2.46. The van der Waals surface area contributed by atoms with Crippen molar-refractivity contribution in [2.75, 3.05) is 0 Å². The van der Waals surface area contributed by atoms with E-state index in [0.717, 1.165) is 12.1 Å². The van der Waals surface area contributed by atoms with Crippen LogP contribution in [0.15, 0.2) is 30.3 Å². The third kappa shape index (κ3) is 2.11. The molecule has 0 aliphatic rings. The zero-order valence-electron chi connectivity index (χ0n) is 7.18. The number of hydrogen-bond donors (Lipinski definition) is 0. The Balaban J connectivity index is 3.32. The van der Waals surface area contributed by atoms with Crippen molar-refractivity contribution in [2.45, 2.75) is 11.1 Å². The molecule has 1 aromatic carbocycles. The van der Waals surface area contributed by atoms with E-state index in [-0.39, 0.29) is 5.56 Å². The zero-order chi connectivity index (χ0) is 11.7. The van der Waals surface area contributed by atoms with Gasteiger partial charge in [-0.05, 0) is 17.2 Å². The largest absolute Gasteiger partial charge is 0.420 e. The van der Waals surface area contributed by atoms with Crippen molar-refractivity contribution >= 4 is 28.4 Å². The van der Waals surface area contributed by atoms with Crippen LogP contribution in [0.4, 0.5) is 13.2 Å². The molecule has 1 atom stereocenters. The fraction of sp³-hybridized carbons (Fsp3) is 0.222. The molecule has 1 unspecified atom stereocenters. The van der Waals surface area contributed by atoms with E-state index in [4.69, 9.17) is 23.2 Å². The van der Waals surface area contributed by atoms with E-state index >= 15 is 0 Å². The van der Waals surface area contributed by atoms with E-state index < -0.39 is 16.3 Å². The first kappa shape index (κ1) is 12.3. The van der Waals surface area contributed by atoms with Crippen molar-refractivity contribution in [3.05, 3.63) is 35.9 Å². The van der Waals surface area contributed by atoms with Crippen LogP contribution in [-0.2, 0) is 9.67 Å². The maximum absolute atomic E-state index is 12.6. The normalized spacial score (nSPS) is 15.8. The van der Waals surface area contributed by atoms with Crippen molar-refractivity contribution in [2.24, 2.45) is 0 Å². The molecule has 0 saturated carbocycles. The molecule has 6 heteroatoms. The van der Waals surface area contributed by atoms with Crippen molar-refractivity contribution in [1.29, 1.82) is 0 Å². The van der Waals surface area contributed by atoms with Crippen LogP contribution in [0, 0.1) is 0 Å². The van der Waals surface area contributed by atoms with E-state index in [2.05, 4.69) is 0 Å². The number of benzene rings is 1.